The van der Waals surface area contributed by atoms with Gasteiger partial charge in [0.15, 0.2) is 0 Å². The van der Waals surface area contributed by atoms with Crippen LogP contribution in [0.4, 0.5) is 4.79 Å². The van der Waals surface area contributed by atoms with Crippen LogP contribution >= 0.6 is 0 Å². The molecule has 1 amide bonds. The molecule has 5 fully saturated rings. The molecule has 1 aromatic carbocycles. The molecule has 0 N–H and O–H groups in total. The van der Waals surface area contributed by atoms with Crippen LogP contribution in [0.1, 0.15) is 163 Å². The number of carbonyl (C=O) groups is 4. The molecule has 5 atom stereocenters. The maximum Gasteiger partial charge on any atom is 0.461 e. The maximum absolute atomic E-state index is 14.2. The molecule has 6 rings (SSSR count). The van der Waals surface area contributed by atoms with Gasteiger partial charge in [-0.2, -0.15) is 0 Å². The summed E-state index contributed by atoms with van der Waals surface area (Å²) in [5, 5.41) is 0. The number of hydrogen-bond donors (Lipinski definition) is 0. The molecular weight excluding hydrogens is 737 g/mol. The molecule has 0 spiro atoms. The lowest BCUT2D eigenvalue weighted by Gasteiger charge is -2.64. The predicted octanol–water partition coefficient (Wildman–Crippen LogP) is 9.56. The number of nitrogens with zero attached hydrogens (tertiary/aromatic N) is 1. The lowest BCUT2D eigenvalue weighted by atomic mass is 9.43. The average molecular weight is 810 g/mol. The SMILES string of the molecule is COc1c(C[C@H](CC(=O)CC2CCC(N(CCCC(=O)OC(C)(C)C)C(=O)OC(C)(C)C)CC2)B2O[C@@H]3C[C@@H]4C[C@@H](C4(C)C)[C@]3(C)O2)cccc1C(=O)OC(C)(C)C. The molecule has 4 saturated carbocycles. The topological polar surface area (TPSA) is 127 Å². The maximum atomic E-state index is 14.2. The number of para-hydroxylation sites is 1. The minimum Gasteiger partial charge on any atom is -0.496 e. The van der Waals surface area contributed by atoms with Crippen LogP contribution in [0.15, 0.2) is 18.2 Å². The van der Waals surface area contributed by atoms with Crippen LogP contribution in [0.25, 0.3) is 0 Å². The highest BCUT2D eigenvalue weighted by atomic mass is 16.7. The zero-order valence-electron chi connectivity index (χ0n) is 37.8. The van der Waals surface area contributed by atoms with Gasteiger partial charge in [0.1, 0.15) is 33.9 Å². The Labute approximate surface area is 348 Å². The van der Waals surface area contributed by atoms with Crippen LogP contribution in [0.5, 0.6) is 5.75 Å². The van der Waals surface area contributed by atoms with E-state index in [0.717, 1.165) is 44.1 Å². The Bertz CT molecular complexity index is 1650. The van der Waals surface area contributed by atoms with Crippen molar-refractivity contribution in [3.8, 4) is 5.75 Å². The second-order valence-electron chi connectivity index (χ2n) is 21.3. The van der Waals surface area contributed by atoms with E-state index in [0.29, 0.717) is 49.0 Å². The van der Waals surface area contributed by atoms with Gasteiger partial charge < -0.3 is 33.2 Å². The van der Waals surface area contributed by atoms with Crippen LogP contribution < -0.4 is 4.74 Å². The minimum absolute atomic E-state index is 0.0331. The summed E-state index contributed by atoms with van der Waals surface area (Å²) >= 11 is 0. The van der Waals surface area contributed by atoms with E-state index in [4.69, 9.17) is 28.3 Å². The highest BCUT2D eigenvalue weighted by molar-refractivity contribution is 6.48. The van der Waals surface area contributed by atoms with Crippen molar-refractivity contribution < 1.29 is 47.4 Å². The smallest absolute Gasteiger partial charge is 0.461 e. The molecular formula is C46H72BNO10. The number of ketones is 1. The molecule has 0 aromatic heterocycles. The standard InChI is InChI=1S/C46H72BNO10/c1-42(2,3)54-38(50)18-15-23-48(41(52)56-44(7,8)9)33-21-19-29(20-22-33)24-34(49)28-32(47-57-37-27-31-26-36(45(31,10)11)46(37,12)58-47)25-30-16-14-17-35(39(30)53-13)40(51)55-43(4,5)6/h14,16-17,29,31-33,36-37H,15,18-28H2,1-13H3/t29?,31-,32+,33?,36-,37+,46-/m0/s1. The molecule has 1 aromatic rings. The van der Waals surface area contributed by atoms with Crippen molar-refractivity contribution in [2.45, 2.75) is 194 Å². The first-order chi connectivity index (χ1) is 26.8. The number of rotatable bonds is 14. The van der Waals surface area contributed by atoms with Crippen molar-refractivity contribution in [1.29, 1.82) is 0 Å². The number of carbonyl (C=O) groups excluding carboxylic acids is 4. The molecule has 4 aliphatic carbocycles. The highest BCUT2D eigenvalue weighted by Crippen LogP contribution is 2.66. The molecule has 324 valence electrons. The number of hydrogen-bond acceptors (Lipinski definition) is 10. The van der Waals surface area contributed by atoms with Gasteiger partial charge in [-0.15, -0.1) is 0 Å². The first kappa shape index (κ1) is 46.0. The first-order valence-corrected chi connectivity index (χ1v) is 21.7. The van der Waals surface area contributed by atoms with E-state index in [9.17, 15) is 19.2 Å². The molecule has 2 bridgehead atoms. The van der Waals surface area contributed by atoms with E-state index in [1.54, 1.807) is 18.1 Å². The van der Waals surface area contributed by atoms with E-state index < -0.39 is 35.5 Å². The fraction of sp³-hybridized carbons (Fsp3) is 0.783. The summed E-state index contributed by atoms with van der Waals surface area (Å²) < 4.78 is 36.6. The molecule has 1 saturated heterocycles. The third-order valence-corrected chi connectivity index (χ3v) is 12.8. The quantitative estimate of drug-likeness (QED) is 0.102. The second-order valence-corrected chi connectivity index (χ2v) is 21.3. The fourth-order valence-corrected chi connectivity index (χ4v) is 10.0. The van der Waals surface area contributed by atoms with Gasteiger partial charge in [0, 0.05) is 37.7 Å². The van der Waals surface area contributed by atoms with Gasteiger partial charge in [0.2, 0.25) is 0 Å². The van der Waals surface area contributed by atoms with Crippen LogP contribution in [0.2, 0.25) is 5.82 Å². The zero-order chi connectivity index (χ0) is 43.0. The van der Waals surface area contributed by atoms with E-state index in [2.05, 4.69) is 20.8 Å². The van der Waals surface area contributed by atoms with Crippen molar-refractivity contribution >= 4 is 30.9 Å². The first-order valence-electron chi connectivity index (χ1n) is 21.7. The predicted molar refractivity (Wildman–Crippen MR) is 224 cm³/mol. The molecule has 0 unspecified atom stereocenters. The van der Waals surface area contributed by atoms with Crippen LogP contribution in [-0.4, -0.2) is 84.0 Å². The third-order valence-electron chi connectivity index (χ3n) is 12.8. The number of ether oxygens (including phenoxy) is 4. The molecule has 12 heteroatoms. The molecule has 58 heavy (non-hydrogen) atoms. The Kier molecular flexibility index (Phi) is 13.8. The van der Waals surface area contributed by atoms with Gasteiger partial charge in [-0.1, -0.05) is 26.0 Å². The lowest BCUT2D eigenvalue weighted by molar-refractivity contribution is -0.199. The van der Waals surface area contributed by atoms with Gasteiger partial charge >= 0.3 is 25.2 Å². The molecule has 0 radical (unpaired) electrons. The summed E-state index contributed by atoms with van der Waals surface area (Å²) in [5.41, 5.74) is -1.00. The van der Waals surface area contributed by atoms with Crippen molar-refractivity contribution in [1.82, 2.24) is 4.90 Å². The molecule has 1 aliphatic heterocycles. The summed E-state index contributed by atoms with van der Waals surface area (Å²) in [6.07, 6.45) is 6.55. The van der Waals surface area contributed by atoms with E-state index in [1.165, 1.54) is 0 Å². The van der Waals surface area contributed by atoms with Crippen LogP contribution in [0, 0.1) is 23.2 Å². The Morgan fingerprint density at radius 3 is 2.10 bits per heavy atom. The Morgan fingerprint density at radius 2 is 1.52 bits per heavy atom. The van der Waals surface area contributed by atoms with Crippen LogP contribution in [-0.2, 0) is 39.5 Å². The number of Topliss-reactive ketones (excluding diaryl/α,β-unsaturated/α-hetero) is 1. The Balaban J connectivity index is 1.28. The number of methoxy groups -OCH3 is 1. The Morgan fingerprint density at radius 1 is 0.879 bits per heavy atom. The van der Waals surface area contributed by atoms with E-state index in [-0.39, 0.29) is 60.0 Å². The monoisotopic (exact) mass is 810 g/mol. The van der Waals surface area contributed by atoms with Gasteiger partial charge in [-0.25, -0.2) is 9.59 Å². The summed E-state index contributed by atoms with van der Waals surface area (Å²) in [5.74, 6) is 0.687. The van der Waals surface area contributed by atoms with Crippen LogP contribution in [0.3, 0.4) is 0 Å². The number of amides is 1. The fourth-order valence-electron chi connectivity index (χ4n) is 10.0. The van der Waals surface area contributed by atoms with Gasteiger partial charge in [-0.3, -0.25) is 9.59 Å². The summed E-state index contributed by atoms with van der Waals surface area (Å²) in [6, 6.07) is 5.45. The van der Waals surface area contributed by atoms with E-state index in [1.807, 2.05) is 74.4 Å². The summed E-state index contributed by atoms with van der Waals surface area (Å²) in [7, 11) is 0.976. The van der Waals surface area contributed by atoms with Crippen molar-refractivity contribution in [3.63, 3.8) is 0 Å². The largest absolute Gasteiger partial charge is 0.496 e. The summed E-state index contributed by atoms with van der Waals surface area (Å²) in [6.45, 7) is 23.9. The molecule has 11 nitrogen and oxygen atoms in total. The molecule has 1 heterocycles. The number of esters is 2. The average Bonchev–Trinajstić information content (AvgIpc) is 3.45. The summed E-state index contributed by atoms with van der Waals surface area (Å²) in [4.78, 5) is 55.1. The van der Waals surface area contributed by atoms with Crippen molar-refractivity contribution in [3.05, 3.63) is 29.3 Å². The zero-order valence-corrected chi connectivity index (χ0v) is 37.8. The molecule has 5 aliphatic rings. The lowest BCUT2D eigenvalue weighted by Crippen LogP contribution is -2.65. The van der Waals surface area contributed by atoms with Gasteiger partial charge in [0.05, 0.1) is 18.8 Å². The highest BCUT2D eigenvalue weighted by Gasteiger charge is 2.68. The minimum atomic E-state index is -0.673. The Hall–Kier alpha value is -3.12. The van der Waals surface area contributed by atoms with Crippen molar-refractivity contribution in [2.24, 2.45) is 23.2 Å². The van der Waals surface area contributed by atoms with Crippen molar-refractivity contribution in [2.75, 3.05) is 13.7 Å². The van der Waals surface area contributed by atoms with Gasteiger partial charge in [0.25, 0.3) is 0 Å². The third kappa shape index (κ3) is 11.2. The second kappa shape index (κ2) is 17.5. The number of benzene rings is 1. The van der Waals surface area contributed by atoms with E-state index >= 15 is 0 Å². The van der Waals surface area contributed by atoms with Gasteiger partial charge in [-0.05, 0) is 155 Å². The normalized spacial score (nSPS) is 27.1.